The van der Waals surface area contributed by atoms with Gasteiger partial charge in [-0.15, -0.1) is 0 Å². The van der Waals surface area contributed by atoms with E-state index in [1.54, 1.807) is 25.1 Å². The van der Waals surface area contributed by atoms with Gasteiger partial charge in [0.2, 0.25) is 0 Å². The van der Waals surface area contributed by atoms with Gasteiger partial charge < -0.3 is 25.0 Å². The zero-order chi connectivity index (χ0) is 21.6. The summed E-state index contributed by atoms with van der Waals surface area (Å²) in [5, 5.41) is 5.87. The molecule has 0 radical (unpaired) electrons. The Balaban J connectivity index is 1.40. The molecule has 0 spiro atoms. The van der Waals surface area contributed by atoms with Crippen LogP contribution >= 0.6 is 0 Å². The third-order valence-corrected chi connectivity index (χ3v) is 5.85. The summed E-state index contributed by atoms with van der Waals surface area (Å²) in [6.45, 7) is 7.28. The van der Waals surface area contributed by atoms with E-state index in [0.717, 1.165) is 12.8 Å². The molecular formula is C22H29N3O5. The Morgan fingerprint density at radius 3 is 2.50 bits per heavy atom. The average Bonchev–Trinajstić information content (AvgIpc) is 2.92. The second-order valence-corrected chi connectivity index (χ2v) is 9.37. The third kappa shape index (κ3) is 4.08. The Labute approximate surface area is 176 Å². The van der Waals surface area contributed by atoms with Crippen LogP contribution in [0, 0.1) is 0 Å². The van der Waals surface area contributed by atoms with E-state index in [1.165, 1.54) is 0 Å². The SMILES string of the molecule is CC1Oc2ccc(C(=O)NC3C[C@H]4CC[C@@H](C3)N4C(=O)OC(C)(C)C)cc2NC1=O. The van der Waals surface area contributed by atoms with E-state index in [9.17, 15) is 14.4 Å². The molecule has 162 valence electrons. The number of nitrogens with one attached hydrogen (secondary N) is 2. The van der Waals surface area contributed by atoms with Crippen LogP contribution in [0.2, 0.25) is 0 Å². The lowest BCUT2D eigenvalue weighted by molar-refractivity contribution is -0.122. The number of hydrogen-bond acceptors (Lipinski definition) is 5. The van der Waals surface area contributed by atoms with Gasteiger partial charge in [-0.1, -0.05) is 0 Å². The number of benzene rings is 1. The van der Waals surface area contributed by atoms with Crippen LogP contribution in [0.4, 0.5) is 10.5 Å². The second kappa shape index (κ2) is 7.49. The summed E-state index contributed by atoms with van der Waals surface area (Å²) in [6.07, 6.45) is 2.46. The molecule has 0 aromatic heterocycles. The molecule has 3 amide bonds. The second-order valence-electron chi connectivity index (χ2n) is 9.37. The molecule has 8 nitrogen and oxygen atoms in total. The first-order chi connectivity index (χ1) is 14.1. The Morgan fingerprint density at radius 2 is 1.87 bits per heavy atom. The van der Waals surface area contributed by atoms with Gasteiger partial charge in [0.15, 0.2) is 6.10 Å². The van der Waals surface area contributed by atoms with E-state index >= 15 is 0 Å². The van der Waals surface area contributed by atoms with Crippen LogP contribution in [0.1, 0.15) is 63.7 Å². The molecule has 2 N–H and O–H groups in total. The number of amides is 3. The minimum Gasteiger partial charge on any atom is -0.479 e. The first-order valence-corrected chi connectivity index (χ1v) is 10.5. The van der Waals surface area contributed by atoms with Gasteiger partial charge in [0, 0.05) is 23.7 Å². The molecule has 30 heavy (non-hydrogen) atoms. The van der Waals surface area contributed by atoms with Gasteiger partial charge in [-0.3, -0.25) is 9.59 Å². The van der Waals surface area contributed by atoms with Crippen LogP contribution in [-0.2, 0) is 9.53 Å². The number of carbonyl (C=O) groups is 3. The maximum absolute atomic E-state index is 12.8. The molecule has 8 heteroatoms. The molecule has 4 rings (SSSR count). The highest BCUT2D eigenvalue weighted by molar-refractivity contribution is 6.01. The van der Waals surface area contributed by atoms with Gasteiger partial charge in [-0.2, -0.15) is 0 Å². The lowest BCUT2D eigenvalue weighted by Gasteiger charge is -2.39. The number of piperidine rings is 1. The molecule has 2 bridgehead atoms. The Hall–Kier alpha value is -2.77. The normalized spacial score (nSPS) is 27.6. The molecule has 2 saturated heterocycles. The summed E-state index contributed by atoms with van der Waals surface area (Å²) in [4.78, 5) is 39.1. The largest absolute Gasteiger partial charge is 0.479 e. The van der Waals surface area contributed by atoms with Crippen molar-refractivity contribution in [3.63, 3.8) is 0 Å². The predicted molar refractivity (Wildman–Crippen MR) is 111 cm³/mol. The van der Waals surface area contributed by atoms with Gasteiger partial charge >= 0.3 is 6.09 Å². The minimum atomic E-state index is -0.553. The molecular weight excluding hydrogens is 386 g/mol. The van der Waals surface area contributed by atoms with E-state index in [0.29, 0.717) is 29.8 Å². The smallest absolute Gasteiger partial charge is 0.410 e. The molecule has 3 heterocycles. The van der Waals surface area contributed by atoms with Crippen LogP contribution in [-0.4, -0.2) is 52.6 Å². The minimum absolute atomic E-state index is 0.00409. The van der Waals surface area contributed by atoms with Gasteiger partial charge in [0.25, 0.3) is 11.8 Å². The van der Waals surface area contributed by atoms with Gasteiger partial charge in [0.05, 0.1) is 5.69 Å². The van der Waals surface area contributed by atoms with Crippen molar-refractivity contribution >= 4 is 23.6 Å². The van der Waals surface area contributed by atoms with Crippen molar-refractivity contribution in [2.45, 2.75) is 83.2 Å². The lowest BCUT2D eigenvalue weighted by Crippen LogP contribution is -2.53. The molecule has 1 aromatic rings. The fourth-order valence-electron chi connectivity index (χ4n) is 4.53. The maximum atomic E-state index is 12.8. The highest BCUT2D eigenvalue weighted by Crippen LogP contribution is 2.37. The number of carbonyl (C=O) groups excluding carboxylic acids is 3. The van der Waals surface area contributed by atoms with Crippen molar-refractivity contribution in [2.75, 3.05) is 5.32 Å². The van der Waals surface area contributed by atoms with E-state index in [-0.39, 0.29) is 36.0 Å². The fraction of sp³-hybridized carbons (Fsp3) is 0.591. The van der Waals surface area contributed by atoms with Crippen LogP contribution < -0.4 is 15.4 Å². The Bertz CT molecular complexity index is 864. The Morgan fingerprint density at radius 1 is 1.20 bits per heavy atom. The van der Waals surface area contributed by atoms with Crippen molar-refractivity contribution in [1.29, 1.82) is 0 Å². The van der Waals surface area contributed by atoms with Crippen LogP contribution in [0.5, 0.6) is 5.75 Å². The zero-order valence-corrected chi connectivity index (χ0v) is 17.9. The zero-order valence-electron chi connectivity index (χ0n) is 17.9. The number of anilines is 1. The van der Waals surface area contributed by atoms with Crippen LogP contribution in [0.25, 0.3) is 0 Å². The molecule has 1 aromatic carbocycles. The summed E-state index contributed by atoms with van der Waals surface area (Å²) in [5.74, 6) is 0.134. The molecule has 2 unspecified atom stereocenters. The molecule has 0 aliphatic carbocycles. The first kappa shape index (κ1) is 20.5. The quantitative estimate of drug-likeness (QED) is 0.774. The number of fused-ring (bicyclic) bond motifs is 3. The van der Waals surface area contributed by atoms with Gasteiger partial charge in [-0.25, -0.2) is 4.79 Å². The van der Waals surface area contributed by atoms with Crippen molar-refractivity contribution in [3.05, 3.63) is 23.8 Å². The van der Waals surface area contributed by atoms with E-state index in [4.69, 9.17) is 9.47 Å². The molecule has 2 fully saturated rings. The third-order valence-electron chi connectivity index (χ3n) is 5.85. The standard InChI is InChI=1S/C22H29N3O5/c1-12-19(26)24-17-9-13(5-8-18(17)29-12)20(27)23-14-10-15-6-7-16(11-14)25(15)21(28)30-22(2,3)4/h5,8-9,12,14-16H,6-7,10-11H2,1-4H3,(H,23,27)(H,24,26)/t12?,14?,15-,16+. The van der Waals surface area contributed by atoms with Crippen LogP contribution in [0.15, 0.2) is 18.2 Å². The van der Waals surface area contributed by atoms with Crippen molar-refractivity contribution in [3.8, 4) is 5.75 Å². The fourth-order valence-corrected chi connectivity index (χ4v) is 4.53. The summed E-state index contributed by atoms with van der Waals surface area (Å²) >= 11 is 0. The summed E-state index contributed by atoms with van der Waals surface area (Å²) < 4.78 is 11.1. The highest BCUT2D eigenvalue weighted by atomic mass is 16.6. The van der Waals surface area contributed by atoms with E-state index in [1.807, 2.05) is 25.7 Å². The Kier molecular flexibility index (Phi) is 5.11. The van der Waals surface area contributed by atoms with Gasteiger partial charge in [0.1, 0.15) is 11.4 Å². The summed E-state index contributed by atoms with van der Waals surface area (Å²) in [6, 6.07) is 5.20. The van der Waals surface area contributed by atoms with E-state index in [2.05, 4.69) is 10.6 Å². The molecule has 4 atom stereocenters. The van der Waals surface area contributed by atoms with Crippen molar-refractivity contribution in [1.82, 2.24) is 10.2 Å². The predicted octanol–water partition coefficient (Wildman–Crippen LogP) is 3.07. The number of ether oxygens (including phenoxy) is 2. The van der Waals surface area contributed by atoms with Crippen molar-refractivity contribution in [2.24, 2.45) is 0 Å². The average molecular weight is 415 g/mol. The van der Waals surface area contributed by atoms with Crippen molar-refractivity contribution < 1.29 is 23.9 Å². The van der Waals surface area contributed by atoms with Crippen LogP contribution in [0.3, 0.4) is 0 Å². The maximum Gasteiger partial charge on any atom is 0.410 e. The van der Waals surface area contributed by atoms with E-state index < -0.39 is 11.7 Å². The number of nitrogens with zero attached hydrogens (tertiary/aromatic N) is 1. The molecule has 3 aliphatic rings. The molecule has 0 saturated carbocycles. The van der Waals surface area contributed by atoms with Gasteiger partial charge in [-0.05, 0) is 71.6 Å². The summed E-state index contributed by atoms with van der Waals surface area (Å²) in [5.41, 5.74) is 0.449. The number of rotatable bonds is 2. The lowest BCUT2D eigenvalue weighted by atomic mass is 9.97. The first-order valence-electron chi connectivity index (χ1n) is 10.5. The number of hydrogen-bond donors (Lipinski definition) is 2. The monoisotopic (exact) mass is 415 g/mol. The molecule has 3 aliphatic heterocycles. The summed E-state index contributed by atoms with van der Waals surface area (Å²) in [7, 11) is 0. The topological polar surface area (TPSA) is 97.0 Å². The highest BCUT2D eigenvalue weighted by Gasteiger charge is 2.45.